The minimum atomic E-state index is -0.469. The van der Waals surface area contributed by atoms with Crippen molar-refractivity contribution < 1.29 is 9.72 Å². The molecule has 0 fully saturated rings. The Hall–Kier alpha value is -3.55. The summed E-state index contributed by atoms with van der Waals surface area (Å²) < 4.78 is 1.68. The molecule has 0 saturated carbocycles. The van der Waals surface area contributed by atoms with Crippen LogP contribution in [0, 0.1) is 17.0 Å². The van der Waals surface area contributed by atoms with Gasteiger partial charge in [0.05, 0.1) is 21.9 Å². The minimum Gasteiger partial charge on any atom is -0.328 e. The average Bonchev–Trinajstić information content (AvgIpc) is 2.83. The van der Waals surface area contributed by atoms with Crippen LogP contribution in [0.25, 0.3) is 10.9 Å². The maximum atomic E-state index is 13.7. The lowest BCUT2D eigenvalue weighted by Crippen LogP contribution is -2.39. The van der Waals surface area contributed by atoms with E-state index < -0.39 is 11.0 Å². The summed E-state index contributed by atoms with van der Waals surface area (Å²) in [5, 5.41) is 12.0. The van der Waals surface area contributed by atoms with Crippen LogP contribution in [-0.4, -0.2) is 31.8 Å². The third-order valence-electron chi connectivity index (χ3n) is 6.07. The van der Waals surface area contributed by atoms with E-state index in [-0.39, 0.29) is 22.7 Å². The number of benzene rings is 2. The fourth-order valence-corrected chi connectivity index (χ4v) is 4.25. The van der Waals surface area contributed by atoms with Crippen LogP contribution < -0.4 is 5.56 Å². The number of aromatic nitrogens is 2. The summed E-state index contributed by atoms with van der Waals surface area (Å²) in [5.41, 5.74) is 1.16. The standard InChI is InChI=1S/C26H32N4O4/c1-5-8-16-28(25(31)19-14-13-18(4)23(17-19)30(33)34)22(7-3)24-27-21-12-10-9-11-20(21)26(32)29(24)15-6-2/h9-14,17,22H,5-8,15-16H2,1-4H3. The zero-order chi connectivity index (χ0) is 24.8. The van der Waals surface area contributed by atoms with Gasteiger partial charge >= 0.3 is 0 Å². The number of nitrogens with zero attached hydrogens (tertiary/aromatic N) is 4. The van der Waals surface area contributed by atoms with Gasteiger partial charge in [0, 0.05) is 30.3 Å². The highest BCUT2D eigenvalue weighted by molar-refractivity contribution is 5.95. The molecular weight excluding hydrogens is 432 g/mol. The second kappa shape index (κ2) is 11.0. The fraction of sp³-hybridized carbons (Fsp3) is 0.423. The van der Waals surface area contributed by atoms with Gasteiger partial charge in [0.2, 0.25) is 0 Å². The largest absolute Gasteiger partial charge is 0.328 e. The molecule has 0 radical (unpaired) electrons. The fourth-order valence-electron chi connectivity index (χ4n) is 4.25. The van der Waals surface area contributed by atoms with E-state index in [2.05, 4.69) is 0 Å². The lowest BCUT2D eigenvalue weighted by molar-refractivity contribution is -0.385. The lowest BCUT2D eigenvalue weighted by atomic mass is 10.1. The van der Waals surface area contributed by atoms with Crippen LogP contribution in [0.3, 0.4) is 0 Å². The Morgan fingerprint density at radius 2 is 1.88 bits per heavy atom. The molecule has 0 N–H and O–H groups in total. The number of hydrogen-bond donors (Lipinski definition) is 0. The number of carbonyl (C=O) groups is 1. The topological polar surface area (TPSA) is 98.3 Å². The Morgan fingerprint density at radius 3 is 2.53 bits per heavy atom. The number of unbranched alkanes of at least 4 members (excludes halogenated alkanes) is 1. The van der Waals surface area contributed by atoms with Crippen molar-refractivity contribution in [3.05, 3.63) is 79.9 Å². The molecule has 0 aliphatic rings. The summed E-state index contributed by atoms with van der Waals surface area (Å²) in [6.07, 6.45) is 2.94. The Balaban J connectivity index is 2.17. The molecule has 0 spiro atoms. The molecule has 1 aromatic heterocycles. The molecule has 1 atom stereocenters. The molecule has 0 bridgehead atoms. The van der Waals surface area contributed by atoms with Crippen LogP contribution in [-0.2, 0) is 6.54 Å². The van der Waals surface area contributed by atoms with Crippen LogP contribution >= 0.6 is 0 Å². The second-order valence-corrected chi connectivity index (χ2v) is 8.48. The van der Waals surface area contributed by atoms with Crippen LogP contribution in [0.4, 0.5) is 5.69 Å². The Morgan fingerprint density at radius 1 is 1.15 bits per heavy atom. The normalized spacial score (nSPS) is 12.0. The molecular formula is C26H32N4O4. The summed E-state index contributed by atoms with van der Waals surface area (Å²) >= 11 is 0. The smallest absolute Gasteiger partial charge is 0.273 e. The first kappa shape index (κ1) is 25.1. The van der Waals surface area contributed by atoms with E-state index >= 15 is 0 Å². The molecule has 0 aliphatic heterocycles. The Kier molecular flexibility index (Phi) is 8.15. The number of para-hydroxylation sites is 1. The van der Waals surface area contributed by atoms with Gasteiger partial charge < -0.3 is 4.90 Å². The van der Waals surface area contributed by atoms with Gasteiger partial charge in [0.1, 0.15) is 5.82 Å². The van der Waals surface area contributed by atoms with Crippen molar-refractivity contribution >= 4 is 22.5 Å². The maximum absolute atomic E-state index is 13.7. The van der Waals surface area contributed by atoms with E-state index in [0.717, 1.165) is 19.3 Å². The first-order valence-corrected chi connectivity index (χ1v) is 11.9. The predicted octanol–water partition coefficient (Wildman–Crippen LogP) is 5.42. The van der Waals surface area contributed by atoms with E-state index in [1.807, 2.05) is 39.0 Å². The highest BCUT2D eigenvalue weighted by Gasteiger charge is 2.29. The zero-order valence-electron chi connectivity index (χ0n) is 20.3. The number of hydrogen-bond acceptors (Lipinski definition) is 5. The third-order valence-corrected chi connectivity index (χ3v) is 6.07. The molecule has 34 heavy (non-hydrogen) atoms. The van der Waals surface area contributed by atoms with Crippen molar-refractivity contribution in [2.45, 2.75) is 66.0 Å². The monoisotopic (exact) mass is 464 g/mol. The van der Waals surface area contributed by atoms with Gasteiger partial charge in [-0.05, 0) is 44.4 Å². The molecule has 0 aliphatic carbocycles. The van der Waals surface area contributed by atoms with Gasteiger partial charge in [-0.1, -0.05) is 45.4 Å². The molecule has 2 aromatic carbocycles. The third kappa shape index (κ3) is 5.00. The van der Waals surface area contributed by atoms with Gasteiger partial charge in [-0.2, -0.15) is 0 Å². The number of nitro benzene ring substituents is 1. The van der Waals surface area contributed by atoms with E-state index in [1.165, 1.54) is 6.07 Å². The summed E-state index contributed by atoms with van der Waals surface area (Å²) in [6, 6.07) is 11.4. The Bertz CT molecular complexity index is 1250. The number of fused-ring (bicyclic) bond motifs is 1. The first-order valence-electron chi connectivity index (χ1n) is 11.9. The maximum Gasteiger partial charge on any atom is 0.273 e. The molecule has 8 heteroatoms. The van der Waals surface area contributed by atoms with E-state index in [9.17, 15) is 19.7 Å². The van der Waals surface area contributed by atoms with Crippen molar-refractivity contribution in [3.8, 4) is 0 Å². The van der Waals surface area contributed by atoms with Crippen LogP contribution in [0.5, 0.6) is 0 Å². The molecule has 8 nitrogen and oxygen atoms in total. The second-order valence-electron chi connectivity index (χ2n) is 8.48. The highest BCUT2D eigenvalue weighted by Crippen LogP contribution is 2.28. The highest BCUT2D eigenvalue weighted by atomic mass is 16.6. The molecule has 0 saturated heterocycles. The molecule has 1 heterocycles. The molecule has 3 aromatic rings. The van der Waals surface area contributed by atoms with Gasteiger partial charge in [0.15, 0.2) is 0 Å². The minimum absolute atomic E-state index is 0.0824. The molecule has 1 amide bonds. The number of amides is 1. The van der Waals surface area contributed by atoms with E-state index in [1.54, 1.807) is 34.6 Å². The van der Waals surface area contributed by atoms with E-state index in [4.69, 9.17) is 4.98 Å². The number of rotatable bonds is 10. The van der Waals surface area contributed by atoms with Gasteiger partial charge in [-0.25, -0.2) is 4.98 Å². The summed E-state index contributed by atoms with van der Waals surface area (Å²) in [6.45, 7) is 8.61. The molecule has 3 rings (SSSR count). The van der Waals surface area contributed by atoms with Gasteiger partial charge in [0.25, 0.3) is 17.2 Å². The van der Waals surface area contributed by atoms with Gasteiger partial charge in [-0.3, -0.25) is 24.3 Å². The number of nitro groups is 1. The van der Waals surface area contributed by atoms with Crippen LogP contribution in [0.15, 0.2) is 47.3 Å². The zero-order valence-corrected chi connectivity index (χ0v) is 20.3. The SMILES string of the molecule is CCCCN(C(=O)c1ccc(C)c([N+](=O)[O-])c1)C(CC)c1nc2ccccc2c(=O)n1CCC. The lowest BCUT2D eigenvalue weighted by Gasteiger charge is -2.32. The summed E-state index contributed by atoms with van der Waals surface area (Å²) in [5.74, 6) is 0.257. The quantitative estimate of drug-likeness (QED) is 0.295. The summed E-state index contributed by atoms with van der Waals surface area (Å²) in [7, 11) is 0. The van der Waals surface area contributed by atoms with Crippen molar-refractivity contribution in [2.24, 2.45) is 0 Å². The van der Waals surface area contributed by atoms with Crippen molar-refractivity contribution in [1.82, 2.24) is 14.5 Å². The Labute approximate surface area is 199 Å². The van der Waals surface area contributed by atoms with Gasteiger partial charge in [-0.15, -0.1) is 0 Å². The summed E-state index contributed by atoms with van der Waals surface area (Å²) in [4.78, 5) is 44.6. The van der Waals surface area contributed by atoms with Crippen LogP contribution in [0.1, 0.15) is 74.2 Å². The number of carbonyl (C=O) groups excluding carboxylic acids is 1. The van der Waals surface area contributed by atoms with Crippen molar-refractivity contribution in [1.29, 1.82) is 0 Å². The molecule has 180 valence electrons. The van der Waals surface area contributed by atoms with E-state index in [0.29, 0.717) is 41.8 Å². The number of aryl methyl sites for hydroxylation is 1. The van der Waals surface area contributed by atoms with Crippen molar-refractivity contribution in [2.75, 3.05) is 6.54 Å². The molecule has 1 unspecified atom stereocenters. The first-order chi connectivity index (χ1) is 16.3. The predicted molar refractivity (Wildman–Crippen MR) is 133 cm³/mol. The van der Waals surface area contributed by atoms with Crippen molar-refractivity contribution in [3.63, 3.8) is 0 Å². The average molecular weight is 465 g/mol. The van der Waals surface area contributed by atoms with Crippen LogP contribution in [0.2, 0.25) is 0 Å².